The van der Waals surface area contributed by atoms with Gasteiger partial charge >= 0.3 is 0 Å². The van der Waals surface area contributed by atoms with Crippen molar-refractivity contribution in [1.29, 1.82) is 0 Å². The van der Waals surface area contributed by atoms with Gasteiger partial charge < -0.3 is 5.11 Å². The van der Waals surface area contributed by atoms with Crippen molar-refractivity contribution in [3.8, 4) is 0 Å². The van der Waals surface area contributed by atoms with Crippen LogP contribution in [0.1, 0.15) is 17.9 Å². The average Bonchev–Trinajstić information content (AvgIpc) is 2.18. The lowest BCUT2D eigenvalue weighted by Crippen LogP contribution is -2.06. The topological polar surface area (TPSA) is 20.2 Å². The SMILES string of the molecule is OCCC(CF)c1cc(Br)ccc1F. The molecule has 14 heavy (non-hydrogen) atoms. The summed E-state index contributed by atoms with van der Waals surface area (Å²) in [6.45, 7) is -0.797. The average molecular weight is 265 g/mol. The molecule has 1 N–H and O–H groups in total. The Labute approximate surface area is 89.9 Å². The van der Waals surface area contributed by atoms with Crippen molar-refractivity contribution in [2.75, 3.05) is 13.3 Å². The van der Waals surface area contributed by atoms with Crippen LogP contribution in [-0.2, 0) is 0 Å². The number of benzene rings is 1. The van der Waals surface area contributed by atoms with Crippen molar-refractivity contribution in [1.82, 2.24) is 0 Å². The molecule has 1 aromatic carbocycles. The first-order valence-corrected chi connectivity index (χ1v) is 5.10. The van der Waals surface area contributed by atoms with E-state index in [1.54, 1.807) is 12.1 Å². The monoisotopic (exact) mass is 264 g/mol. The lowest BCUT2D eigenvalue weighted by Gasteiger charge is -2.13. The Bertz CT molecular complexity index is 304. The highest BCUT2D eigenvalue weighted by Gasteiger charge is 2.15. The van der Waals surface area contributed by atoms with Gasteiger partial charge in [-0.05, 0) is 30.2 Å². The molecule has 1 rings (SSSR count). The van der Waals surface area contributed by atoms with Crippen LogP contribution in [0.15, 0.2) is 22.7 Å². The molecule has 1 unspecified atom stereocenters. The Morgan fingerprint density at radius 2 is 2.14 bits per heavy atom. The normalized spacial score (nSPS) is 12.9. The first-order chi connectivity index (χ1) is 6.69. The molecule has 0 spiro atoms. The highest BCUT2D eigenvalue weighted by molar-refractivity contribution is 9.10. The molecule has 0 bridgehead atoms. The van der Waals surface area contributed by atoms with E-state index in [1.807, 2.05) is 0 Å². The van der Waals surface area contributed by atoms with E-state index < -0.39 is 18.4 Å². The third-order valence-electron chi connectivity index (χ3n) is 2.06. The highest BCUT2D eigenvalue weighted by atomic mass is 79.9. The van der Waals surface area contributed by atoms with Gasteiger partial charge in [0.25, 0.3) is 0 Å². The van der Waals surface area contributed by atoms with E-state index in [0.717, 1.165) is 0 Å². The van der Waals surface area contributed by atoms with Crippen molar-refractivity contribution < 1.29 is 13.9 Å². The number of alkyl halides is 1. The van der Waals surface area contributed by atoms with Gasteiger partial charge in [-0.3, -0.25) is 4.39 Å². The minimum absolute atomic E-state index is 0.138. The zero-order valence-corrected chi connectivity index (χ0v) is 9.10. The van der Waals surface area contributed by atoms with Crippen molar-refractivity contribution >= 4 is 15.9 Å². The predicted molar refractivity (Wildman–Crippen MR) is 54.5 cm³/mol. The number of hydrogen-bond donors (Lipinski definition) is 1. The minimum atomic E-state index is -0.659. The standard InChI is InChI=1S/C10H11BrF2O/c11-8-1-2-10(13)9(5-8)7(6-12)3-4-14/h1-2,5,7,14H,3-4,6H2. The maximum atomic E-state index is 13.3. The second kappa shape index (κ2) is 5.41. The molecule has 1 nitrogen and oxygen atoms in total. The van der Waals surface area contributed by atoms with Crippen LogP contribution in [0.2, 0.25) is 0 Å². The molecule has 0 aliphatic rings. The van der Waals surface area contributed by atoms with Gasteiger partial charge in [0.1, 0.15) is 5.82 Å². The third kappa shape index (κ3) is 2.75. The second-order valence-corrected chi connectivity index (χ2v) is 3.95. The van der Waals surface area contributed by atoms with E-state index in [9.17, 15) is 8.78 Å². The molecule has 78 valence electrons. The van der Waals surface area contributed by atoms with E-state index >= 15 is 0 Å². The lowest BCUT2D eigenvalue weighted by atomic mass is 9.97. The summed E-state index contributed by atoms with van der Waals surface area (Å²) >= 11 is 3.19. The van der Waals surface area contributed by atoms with Crippen LogP contribution in [-0.4, -0.2) is 18.4 Å². The highest BCUT2D eigenvalue weighted by Crippen LogP contribution is 2.26. The van der Waals surface area contributed by atoms with E-state index in [1.165, 1.54) is 6.07 Å². The second-order valence-electron chi connectivity index (χ2n) is 3.03. The summed E-state index contributed by atoms with van der Waals surface area (Å²) in [4.78, 5) is 0. The largest absolute Gasteiger partial charge is 0.396 e. The van der Waals surface area contributed by atoms with Crippen LogP contribution in [0.5, 0.6) is 0 Å². The van der Waals surface area contributed by atoms with Gasteiger partial charge in [0.2, 0.25) is 0 Å². The van der Waals surface area contributed by atoms with Crippen LogP contribution in [0.25, 0.3) is 0 Å². The van der Waals surface area contributed by atoms with Crippen LogP contribution in [0, 0.1) is 5.82 Å². The van der Waals surface area contributed by atoms with Gasteiger partial charge in [0, 0.05) is 17.0 Å². The fourth-order valence-electron chi connectivity index (χ4n) is 1.30. The minimum Gasteiger partial charge on any atom is -0.396 e. The van der Waals surface area contributed by atoms with E-state index in [2.05, 4.69) is 15.9 Å². The number of hydrogen-bond acceptors (Lipinski definition) is 1. The first kappa shape index (κ1) is 11.6. The fraction of sp³-hybridized carbons (Fsp3) is 0.400. The maximum absolute atomic E-state index is 13.3. The summed E-state index contributed by atoms with van der Waals surface area (Å²) in [7, 11) is 0. The summed E-state index contributed by atoms with van der Waals surface area (Å²) in [6.07, 6.45) is 0.240. The molecule has 0 aliphatic carbocycles. The molecule has 0 aromatic heterocycles. The maximum Gasteiger partial charge on any atom is 0.126 e. The summed E-state index contributed by atoms with van der Waals surface area (Å²) < 4.78 is 26.5. The van der Waals surface area contributed by atoms with Crippen LogP contribution >= 0.6 is 15.9 Å². The Balaban J connectivity index is 2.96. The predicted octanol–water partition coefficient (Wildman–Crippen LogP) is 3.02. The van der Waals surface area contributed by atoms with Gasteiger partial charge in [0.15, 0.2) is 0 Å². The number of aliphatic hydroxyl groups is 1. The van der Waals surface area contributed by atoms with Gasteiger partial charge in [-0.1, -0.05) is 15.9 Å². The summed E-state index contributed by atoms with van der Waals surface area (Å²) in [5.41, 5.74) is 0.316. The molecular weight excluding hydrogens is 254 g/mol. The van der Waals surface area contributed by atoms with Gasteiger partial charge in [0.05, 0.1) is 6.67 Å². The van der Waals surface area contributed by atoms with Crippen molar-refractivity contribution in [3.05, 3.63) is 34.1 Å². The van der Waals surface area contributed by atoms with E-state index in [4.69, 9.17) is 5.11 Å². The molecule has 4 heteroatoms. The number of aliphatic hydroxyl groups excluding tert-OH is 1. The molecule has 1 aromatic rings. The number of rotatable bonds is 4. The molecule has 0 aliphatic heterocycles. The quantitative estimate of drug-likeness (QED) is 0.887. The van der Waals surface area contributed by atoms with Crippen molar-refractivity contribution in [2.45, 2.75) is 12.3 Å². The molecule has 0 radical (unpaired) electrons. The zero-order valence-electron chi connectivity index (χ0n) is 7.51. The van der Waals surface area contributed by atoms with E-state index in [0.29, 0.717) is 10.0 Å². The van der Waals surface area contributed by atoms with Crippen LogP contribution in [0.3, 0.4) is 0 Å². The molecular formula is C10H11BrF2O. The Kier molecular flexibility index (Phi) is 4.48. The van der Waals surface area contributed by atoms with Crippen LogP contribution < -0.4 is 0 Å². The number of halogens is 3. The van der Waals surface area contributed by atoms with Crippen molar-refractivity contribution in [2.24, 2.45) is 0 Å². The molecule has 0 saturated heterocycles. The summed E-state index contributed by atoms with van der Waals surface area (Å²) in [5, 5.41) is 8.69. The Hall–Kier alpha value is -0.480. The van der Waals surface area contributed by atoms with Crippen molar-refractivity contribution in [3.63, 3.8) is 0 Å². The van der Waals surface area contributed by atoms with Gasteiger partial charge in [-0.15, -0.1) is 0 Å². The summed E-state index contributed by atoms with van der Waals surface area (Å²) in [6, 6.07) is 4.40. The first-order valence-electron chi connectivity index (χ1n) is 4.30. The molecule has 0 saturated carbocycles. The van der Waals surface area contributed by atoms with Crippen LogP contribution in [0.4, 0.5) is 8.78 Å². The Morgan fingerprint density at radius 1 is 1.43 bits per heavy atom. The molecule has 0 fully saturated rings. The smallest absolute Gasteiger partial charge is 0.126 e. The summed E-state index contributed by atoms with van der Waals surface area (Å²) in [5.74, 6) is -0.984. The van der Waals surface area contributed by atoms with E-state index in [-0.39, 0.29) is 13.0 Å². The lowest BCUT2D eigenvalue weighted by molar-refractivity contribution is 0.261. The fourth-order valence-corrected chi connectivity index (χ4v) is 1.68. The zero-order chi connectivity index (χ0) is 10.6. The van der Waals surface area contributed by atoms with Gasteiger partial charge in [-0.2, -0.15) is 0 Å². The Morgan fingerprint density at radius 3 is 2.71 bits per heavy atom. The molecule has 1 atom stereocenters. The molecule has 0 amide bonds. The third-order valence-corrected chi connectivity index (χ3v) is 2.55. The van der Waals surface area contributed by atoms with Gasteiger partial charge in [-0.25, -0.2) is 4.39 Å². The molecule has 0 heterocycles.